The third kappa shape index (κ3) is 4.34. The minimum atomic E-state index is -0.982. The molecule has 0 spiro atoms. The minimum absolute atomic E-state index is 0.212. The fourth-order valence-corrected chi connectivity index (χ4v) is 5.01. The van der Waals surface area contributed by atoms with Crippen LogP contribution < -0.4 is 0 Å². The summed E-state index contributed by atoms with van der Waals surface area (Å²) in [7, 11) is 0. The van der Waals surface area contributed by atoms with Gasteiger partial charge in [-0.05, 0) is 60.7 Å². The molecule has 0 aliphatic rings. The second kappa shape index (κ2) is 8.92. The first-order valence-corrected chi connectivity index (χ1v) is 12.0. The van der Waals surface area contributed by atoms with Crippen molar-refractivity contribution in [1.29, 1.82) is 0 Å². The summed E-state index contributed by atoms with van der Waals surface area (Å²) in [6.45, 7) is 2.74. The number of aromatic amines is 1. The summed E-state index contributed by atoms with van der Waals surface area (Å²) in [5.41, 5.74) is 5.86. The molecule has 0 bridgehead atoms. The normalized spacial score (nSPS) is 12.0. The number of rotatable bonds is 6. The van der Waals surface area contributed by atoms with E-state index in [4.69, 9.17) is 0 Å². The third-order valence-corrected chi connectivity index (χ3v) is 7.02. The van der Waals surface area contributed by atoms with Gasteiger partial charge >= 0.3 is 5.97 Å². The maximum absolute atomic E-state index is 12.2. The molecule has 2 heterocycles. The van der Waals surface area contributed by atoms with E-state index in [0.29, 0.717) is 11.7 Å². The van der Waals surface area contributed by atoms with Crippen LogP contribution in [0.4, 0.5) is 0 Å². The number of carboxylic acid groups (broad SMARTS) is 1. The molecule has 0 amide bonds. The zero-order chi connectivity index (χ0) is 22.9. The van der Waals surface area contributed by atoms with E-state index < -0.39 is 5.97 Å². The number of carbonyl (C=O) groups is 1. The molecule has 2 N–H and O–H groups in total. The monoisotopic (exact) mass is 517 g/mol. The minimum Gasteiger partial charge on any atom is -0.477 e. The topological polar surface area (TPSA) is 70.9 Å². The van der Waals surface area contributed by atoms with Gasteiger partial charge in [0, 0.05) is 33.2 Å². The standard InChI is InChI=1S/C26H20BrN3O2S/c1-16-20(14-24(25(31)32)33-26-28-21-7-3-4-8-22(21)29-26)19-6-2-5-9-23(19)30(16)15-17-10-12-18(27)13-11-17/h2-14H,15H2,1H3,(H,28,29)(H,31,32)/b24-14-. The van der Waals surface area contributed by atoms with Gasteiger partial charge in [-0.1, -0.05) is 58.4 Å². The van der Waals surface area contributed by atoms with Gasteiger partial charge in [0.2, 0.25) is 0 Å². The van der Waals surface area contributed by atoms with E-state index in [2.05, 4.69) is 48.7 Å². The molecule has 3 aromatic carbocycles. The third-order valence-electron chi connectivity index (χ3n) is 5.59. The molecule has 164 valence electrons. The van der Waals surface area contributed by atoms with Crippen molar-refractivity contribution >= 4 is 61.7 Å². The van der Waals surface area contributed by atoms with Crippen molar-refractivity contribution in [2.45, 2.75) is 18.6 Å². The van der Waals surface area contributed by atoms with Gasteiger partial charge in [0.1, 0.15) is 4.91 Å². The highest BCUT2D eigenvalue weighted by Crippen LogP contribution is 2.33. The highest BCUT2D eigenvalue weighted by molar-refractivity contribution is 9.10. The average molecular weight is 518 g/mol. The highest BCUT2D eigenvalue weighted by Gasteiger charge is 2.18. The van der Waals surface area contributed by atoms with Crippen LogP contribution in [0, 0.1) is 6.92 Å². The van der Waals surface area contributed by atoms with Crippen molar-refractivity contribution in [3.05, 3.63) is 99.0 Å². The summed E-state index contributed by atoms with van der Waals surface area (Å²) in [5, 5.41) is 11.5. The molecule has 0 atom stereocenters. The predicted molar refractivity (Wildman–Crippen MR) is 137 cm³/mol. The summed E-state index contributed by atoms with van der Waals surface area (Å²) in [6.07, 6.45) is 1.76. The Morgan fingerprint density at radius 3 is 2.58 bits per heavy atom. The Morgan fingerprint density at radius 1 is 1.09 bits per heavy atom. The van der Waals surface area contributed by atoms with Gasteiger partial charge in [0.25, 0.3) is 0 Å². The quantitative estimate of drug-likeness (QED) is 0.190. The van der Waals surface area contributed by atoms with E-state index in [9.17, 15) is 9.90 Å². The summed E-state index contributed by atoms with van der Waals surface area (Å²) >= 11 is 4.62. The number of H-pyrrole nitrogens is 1. The zero-order valence-electron chi connectivity index (χ0n) is 17.7. The number of halogens is 1. The first kappa shape index (κ1) is 21.6. The molecule has 0 radical (unpaired) electrons. The van der Waals surface area contributed by atoms with Crippen molar-refractivity contribution in [2.75, 3.05) is 0 Å². The smallest absolute Gasteiger partial charge is 0.342 e. The van der Waals surface area contributed by atoms with Gasteiger partial charge in [-0.3, -0.25) is 0 Å². The van der Waals surface area contributed by atoms with Gasteiger partial charge in [-0.25, -0.2) is 9.78 Å². The van der Waals surface area contributed by atoms with E-state index in [1.165, 1.54) is 5.56 Å². The van der Waals surface area contributed by atoms with Crippen LogP contribution in [0.15, 0.2) is 87.3 Å². The first-order valence-electron chi connectivity index (χ1n) is 10.4. The second-order valence-electron chi connectivity index (χ2n) is 7.70. The number of fused-ring (bicyclic) bond motifs is 2. The van der Waals surface area contributed by atoms with Crippen LogP contribution in [0.25, 0.3) is 28.0 Å². The molecule has 5 rings (SSSR count). The molecule has 33 heavy (non-hydrogen) atoms. The Bertz CT molecular complexity index is 1480. The summed E-state index contributed by atoms with van der Waals surface area (Å²) < 4.78 is 3.27. The Morgan fingerprint density at radius 2 is 1.82 bits per heavy atom. The number of aromatic nitrogens is 3. The number of thioether (sulfide) groups is 1. The lowest BCUT2D eigenvalue weighted by atomic mass is 10.1. The number of hydrogen-bond acceptors (Lipinski definition) is 3. The van der Waals surface area contributed by atoms with E-state index in [0.717, 1.165) is 49.4 Å². The molecule has 0 saturated heterocycles. The lowest BCUT2D eigenvalue weighted by Gasteiger charge is -2.09. The molecule has 0 saturated carbocycles. The first-order chi connectivity index (χ1) is 16.0. The number of para-hydroxylation sites is 3. The summed E-state index contributed by atoms with van der Waals surface area (Å²) in [4.78, 5) is 20.1. The van der Waals surface area contributed by atoms with Crippen molar-refractivity contribution in [3.8, 4) is 0 Å². The second-order valence-corrected chi connectivity index (χ2v) is 9.65. The number of imidazole rings is 1. The van der Waals surface area contributed by atoms with Crippen molar-refractivity contribution < 1.29 is 9.90 Å². The highest BCUT2D eigenvalue weighted by atomic mass is 79.9. The molecule has 0 unspecified atom stereocenters. The van der Waals surface area contributed by atoms with Crippen LogP contribution in [-0.4, -0.2) is 25.6 Å². The Labute approximate surface area is 203 Å². The van der Waals surface area contributed by atoms with Gasteiger partial charge < -0.3 is 14.7 Å². The largest absolute Gasteiger partial charge is 0.477 e. The zero-order valence-corrected chi connectivity index (χ0v) is 20.2. The summed E-state index contributed by atoms with van der Waals surface area (Å²) in [6, 6.07) is 24.0. The van der Waals surface area contributed by atoms with Crippen LogP contribution in [0.1, 0.15) is 16.8 Å². The van der Waals surface area contributed by atoms with Crippen LogP contribution in [0.3, 0.4) is 0 Å². The van der Waals surface area contributed by atoms with Gasteiger partial charge in [-0.2, -0.15) is 0 Å². The maximum Gasteiger partial charge on any atom is 0.342 e. The predicted octanol–water partition coefficient (Wildman–Crippen LogP) is 6.85. The Balaban J connectivity index is 1.57. The lowest BCUT2D eigenvalue weighted by Crippen LogP contribution is -2.02. The summed E-state index contributed by atoms with van der Waals surface area (Å²) in [5.74, 6) is -0.982. The number of nitrogens with zero attached hydrogens (tertiary/aromatic N) is 2. The Hall–Kier alpha value is -3.29. The molecular formula is C26H20BrN3O2S. The van der Waals surface area contributed by atoms with Gasteiger partial charge in [0.05, 0.1) is 11.0 Å². The van der Waals surface area contributed by atoms with Crippen LogP contribution in [0.5, 0.6) is 0 Å². The van der Waals surface area contributed by atoms with Crippen molar-refractivity contribution in [1.82, 2.24) is 14.5 Å². The fraction of sp³-hybridized carbons (Fsp3) is 0.0769. The average Bonchev–Trinajstić information content (AvgIpc) is 3.34. The van der Waals surface area contributed by atoms with Crippen LogP contribution >= 0.6 is 27.7 Å². The molecule has 0 aliphatic heterocycles. The van der Waals surface area contributed by atoms with E-state index in [1.807, 2.05) is 61.5 Å². The SMILES string of the molecule is Cc1c(/C=C(\Sc2nc3ccccc3[nH]2)C(=O)O)c2ccccc2n1Cc1ccc(Br)cc1. The molecule has 0 aliphatic carbocycles. The number of carboxylic acids is 1. The molecule has 2 aromatic heterocycles. The van der Waals surface area contributed by atoms with Gasteiger partial charge in [-0.15, -0.1) is 0 Å². The molecule has 7 heteroatoms. The van der Waals surface area contributed by atoms with Crippen LogP contribution in [-0.2, 0) is 11.3 Å². The molecule has 5 aromatic rings. The lowest BCUT2D eigenvalue weighted by molar-refractivity contribution is -0.131. The van der Waals surface area contributed by atoms with E-state index >= 15 is 0 Å². The molecule has 0 fully saturated rings. The van der Waals surface area contributed by atoms with Crippen LogP contribution in [0.2, 0.25) is 0 Å². The Kier molecular flexibility index (Phi) is 5.83. The number of benzene rings is 3. The van der Waals surface area contributed by atoms with Crippen molar-refractivity contribution in [3.63, 3.8) is 0 Å². The van der Waals surface area contributed by atoms with E-state index in [-0.39, 0.29) is 4.91 Å². The van der Waals surface area contributed by atoms with E-state index in [1.54, 1.807) is 6.08 Å². The maximum atomic E-state index is 12.2. The molecular weight excluding hydrogens is 498 g/mol. The number of aliphatic carboxylic acids is 1. The molecule has 5 nitrogen and oxygen atoms in total. The van der Waals surface area contributed by atoms with Crippen molar-refractivity contribution in [2.24, 2.45) is 0 Å². The fourth-order valence-electron chi connectivity index (χ4n) is 3.96. The number of hydrogen-bond donors (Lipinski definition) is 2. The van der Waals surface area contributed by atoms with Gasteiger partial charge in [0.15, 0.2) is 5.16 Å². The number of nitrogens with one attached hydrogen (secondary N) is 1.